The van der Waals surface area contributed by atoms with Gasteiger partial charge in [-0.15, -0.1) is 0 Å². The molecule has 9 nitrogen and oxygen atoms in total. The Labute approximate surface area is 204 Å². The highest BCUT2D eigenvalue weighted by atomic mass is 32.2. The van der Waals surface area contributed by atoms with Crippen LogP contribution in [0.25, 0.3) is 11.0 Å². The number of rotatable bonds is 4. The number of nitrogens with one attached hydrogen (secondary N) is 2. The Morgan fingerprint density at radius 3 is 2.54 bits per heavy atom. The predicted octanol–water partition coefficient (Wildman–Crippen LogP) is 2.47. The molecule has 1 atom stereocenters. The summed E-state index contributed by atoms with van der Waals surface area (Å²) in [6.45, 7) is 1.97. The molecule has 2 aromatic carbocycles. The van der Waals surface area contributed by atoms with E-state index in [1.54, 1.807) is 29.2 Å². The van der Waals surface area contributed by atoms with Crippen molar-refractivity contribution in [2.24, 2.45) is 0 Å². The summed E-state index contributed by atoms with van der Waals surface area (Å²) in [6.07, 6.45) is 2.96. The molecular formula is C25H29N5O4S. The van der Waals surface area contributed by atoms with E-state index >= 15 is 0 Å². The van der Waals surface area contributed by atoms with Gasteiger partial charge in [0.25, 0.3) is 11.8 Å². The van der Waals surface area contributed by atoms with Gasteiger partial charge in [-0.3, -0.25) is 14.9 Å². The summed E-state index contributed by atoms with van der Waals surface area (Å²) in [5.74, 6) is -0.131. The topological polar surface area (TPSA) is 113 Å². The number of para-hydroxylation sites is 1. The Kier molecular flexibility index (Phi) is 6.57. The highest BCUT2D eigenvalue weighted by Gasteiger charge is 2.30. The minimum atomic E-state index is -3.11. The Morgan fingerprint density at radius 1 is 1.00 bits per heavy atom. The third-order valence-electron chi connectivity index (χ3n) is 6.72. The quantitative estimate of drug-likeness (QED) is 0.575. The minimum Gasteiger partial charge on any atom is -0.337 e. The van der Waals surface area contributed by atoms with Gasteiger partial charge in [0.05, 0.1) is 28.1 Å². The molecule has 5 rings (SSSR count). The molecule has 3 heterocycles. The summed E-state index contributed by atoms with van der Waals surface area (Å²) >= 11 is 0. The van der Waals surface area contributed by atoms with Crippen molar-refractivity contribution in [2.75, 3.05) is 43.0 Å². The molecular weight excluding hydrogens is 466 g/mol. The summed E-state index contributed by atoms with van der Waals surface area (Å²) in [4.78, 5) is 32.9. The average molecular weight is 496 g/mol. The Balaban J connectivity index is 1.57. The van der Waals surface area contributed by atoms with Crippen LogP contribution < -0.4 is 10.6 Å². The molecule has 2 saturated heterocycles. The number of benzene rings is 2. The monoisotopic (exact) mass is 495 g/mol. The Morgan fingerprint density at radius 2 is 1.77 bits per heavy atom. The fourth-order valence-electron chi connectivity index (χ4n) is 4.84. The lowest BCUT2D eigenvalue weighted by Gasteiger charge is -2.27. The molecule has 184 valence electrons. The van der Waals surface area contributed by atoms with Crippen LogP contribution in [0.1, 0.15) is 46.0 Å². The van der Waals surface area contributed by atoms with Crippen LogP contribution in [0, 0.1) is 0 Å². The van der Waals surface area contributed by atoms with E-state index in [0.29, 0.717) is 34.7 Å². The number of hydrogen-bond donors (Lipinski definition) is 2. The smallest absolute Gasteiger partial charge is 0.257 e. The molecule has 0 bridgehead atoms. The molecule has 2 N–H and O–H groups in total. The van der Waals surface area contributed by atoms with Crippen LogP contribution in [-0.4, -0.2) is 72.4 Å². The van der Waals surface area contributed by atoms with Crippen molar-refractivity contribution in [3.8, 4) is 0 Å². The second-order valence-corrected chi connectivity index (χ2v) is 11.4. The summed E-state index contributed by atoms with van der Waals surface area (Å²) in [5, 5.41) is 6.43. The number of sulfone groups is 1. The van der Waals surface area contributed by atoms with E-state index in [9.17, 15) is 18.0 Å². The van der Waals surface area contributed by atoms with Gasteiger partial charge >= 0.3 is 0 Å². The average Bonchev–Trinajstić information content (AvgIpc) is 3.02. The standard InChI is InChI=1S/C25H29N5O4S/c31-23(18-7-2-1-3-8-18)28-25-27-21-11-6-10-20(24(32)29-13-15-35(33,34)16-14-29)22(21)30(25)19-9-4-5-12-26-17-19/h1-3,6-8,10-11,19,26H,4-5,9,12-17H2,(H,27,28,31). The van der Waals surface area contributed by atoms with E-state index in [-0.39, 0.29) is 42.5 Å². The van der Waals surface area contributed by atoms with Gasteiger partial charge in [0.1, 0.15) is 0 Å². The number of imidazole rings is 1. The molecule has 2 aliphatic heterocycles. The zero-order chi connectivity index (χ0) is 24.4. The van der Waals surface area contributed by atoms with Crippen LogP contribution in [0.3, 0.4) is 0 Å². The third kappa shape index (κ3) is 4.94. The molecule has 0 radical (unpaired) electrons. The molecule has 2 aliphatic rings. The van der Waals surface area contributed by atoms with Crippen LogP contribution in [0.2, 0.25) is 0 Å². The molecule has 2 fully saturated rings. The van der Waals surface area contributed by atoms with Gasteiger partial charge < -0.3 is 14.8 Å². The van der Waals surface area contributed by atoms with Crippen molar-refractivity contribution < 1.29 is 18.0 Å². The van der Waals surface area contributed by atoms with Gasteiger partial charge in [-0.1, -0.05) is 30.7 Å². The van der Waals surface area contributed by atoms with Crippen molar-refractivity contribution in [2.45, 2.75) is 25.3 Å². The van der Waals surface area contributed by atoms with Crippen LogP contribution >= 0.6 is 0 Å². The second-order valence-electron chi connectivity index (χ2n) is 9.10. The molecule has 3 aromatic rings. The van der Waals surface area contributed by atoms with Crippen LogP contribution in [-0.2, 0) is 9.84 Å². The van der Waals surface area contributed by atoms with E-state index in [4.69, 9.17) is 4.98 Å². The third-order valence-corrected chi connectivity index (χ3v) is 8.33. The van der Waals surface area contributed by atoms with Crippen molar-refractivity contribution in [1.29, 1.82) is 0 Å². The highest BCUT2D eigenvalue weighted by molar-refractivity contribution is 7.91. The molecule has 35 heavy (non-hydrogen) atoms. The summed E-state index contributed by atoms with van der Waals surface area (Å²) in [5.41, 5.74) is 2.28. The summed E-state index contributed by atoms with van der Waals surface area (Å²) in [6, 6.07) is 14.3. The zero-order valence-corrected chi connectivity index (χ0v) is 20.3. The lowest BCUT2D eigenvalue weighted by molar-refractivity contribution is 0.0771. The minimum absolute atomic E-state index is 0.00394. The van der Waals surface area contributed by atoms with E-state index in [1.807, 2.05) is 28.8 Å². The molecule has 1 aromatic heterocycles. The second kappa shape index (κ2) is 9.79. The normalized spacial score (nSPS) is 20.3. The van der Waals surface area contributed by atoms with Gasteiger partial charge in [-0.05, 0) is 43.7 Å². The van der Waals surface area contributed by atoms with Crippen molar-refractivity contribution in [3.63, 3.8) is 0 Å². The number of fused-ring (bicyclic) bond motifs is 1. The van der Waals surface area contributed by atoms with Gasteiger partial charge in [0.2, 0.25) is 5.95 Å². The van der Waals surface area contributed by atoms with Crippen molar-refractivity contribution in [1.82, 2.24) is 19.8 Å². The molecule has 1 unspecified atom stereocenters. The number of carbonyl (C=O) groups is 2. The van der Waals surface area contributed by atoms with Crippen LogP contribution in [0.15, 0.2) is 48.5 Å². The predicted molar refractivity (Wildman–Crippen MR) is 134 cm³/mol. The molecule has 10 heteroatoms. The molecule has 0 saturated carbocycles. The summed E-state index contributed by atoms with van der Waals surface area (Å²) < 4.78 is 25.8. The number of anilines is 1. The first-order valence-corrected chi connectivity index (χ1v) is 13.8. The number of aromatic nitrogens is 2. The first-order chi connectivity index (χ1) is 16.9. The number of hydrogen-bond acceptors (Lipinski definition) is 6. The zero-order valence-electron chi connectivity index (χ0n) is 19.4. The lowest BCUT2D eigenvalue weighted by atomic mass is 10.1. The molecule has 2 amide bonds. The van der Waals surface area contributed by atoms with Gasteiger partial charge in [0, 0.05) is 31.2 Å². The largest absolute Gasteiger partial charge is 0.337 e. The van der Waals surface area contributed by atoms with E-state index in [2.05, 4.69) is 10.6 Å². The van der Waals surface area contributed by atoms with Gasteiger partial charge in [-0.2, -0.15) is 0 Å². The molecule has 0 aliphatic carbocycles. The van der Waals surface area contributed by atoms with Crippen LogP contribution in [0.5, 0.6) is 0 Å². The first-order valence-electron chi connectivity index (χ1n) is 12.0. The fraction of sp³-hybridized carbons (Fsp3) is 0.400. The van der Waals surface area contributed by atoms with E-state index in [1.165, 1.54) is 0 Å². The number of carbonyl (C=O) groups excluding carboxylic acids is 2. The Hall–Kier alpha value is -3.24. The first kappa shape index (κ1) is 23.5. The number of nitrogens with zero attached hydrogens (tertiary/aromatic N) is 3. The maximum absolute atomic E-state index is 13.6. The lowest BCUT2D eigenvalue weighted by Crippen LogP contribution is -2.43. The Bertz CT molecular complexity index is 1330. The number of amides is 2. The van der Waals surface area contributed by atoms with Crippen molar-refractivity contribution >= 4 is 38.6 Å². The van der Waals surface area contributed by atoms with E-state index in [0.717, 1.165) is 25.8 Å². The maximum atomic E-state index is 13.6. The van der Waals surface area contributed by atoms with Gasteiger partial charge in [0.15, 0.2) is 9.84 Å². The van der Waals surface area contributed by atoms with Crippen LogP contribution in [0.4, 0.5) is 5.95 Å². The maximum Gasteiger partial charge on any atom is 0.257 e. The van der Waals surface area contributed by atoms with E-state index < -0.39 is 9.84 Å². The molecule has 0 spiro atoms. The summed E-state index contributed by atoms with van der Waals surface area (Å²) in [7, 11) is -3.11. The fourth-order valence-corrected chi connectivity index (χ4v) is 6.04. The highest BCUT2D eigenvalue weighted by Crippen LogP contribution is 2.31. The van der Waals surface area contributed by atoms with Crippen molar-refractivity contribution in [3.05, 3.63) is 59.7 Å². The SMILES string of the molecule is O=C(Nc1nc2cccc(C(=O)N3CCS(=O)(=O)CC3)c2n1C1CCCCNC1)c1ccccc1. The van der Waals surface area contributed by atoms with Gasteiger partial charge in [-0.25, -0.2) is 13.4 Å².